The monoisotopic (exact) mass is 668 g/mol. The SMILES string of the molecule is C#C[C@H]1COc2c(Cl)c(-c3ccc(F)c4sc(N)c(C#N)c34)c(F)c3nc(OC[C@@]45CCCN4CC(=C)C5)nc(c23)N1CC(F)F. The summed E-state index contributed by atoms with van der Waals surface area (Å²) in [6, 6.07) is 3.09. The number of fused-ring (bicyclic) bond motifs is 2. The Bertz CT molecular complexity index is 2040. The molecule has 2 saturated heterocycles. The molecule has 0 amide bonds. The number of thiophene rings is 1. The van der Waals surface area contributed by atoms with Crippen LogP contribution in [0, 0.1) is 35.3 Å². The van der Waals surface area contributed by atoms with Gasteiger partial charge in [0.25, 0.3) is 6.43 Å². The summed E-state index contributed by atoms with van der Waals surface area (Å²) in [5.41, 5.74) is 6.22. The molecule has 2 N–H and O–H groups in total. The minimum absolute atomic E-state index is 0.0373. The van der Waals surface area contributed by atoms with Gasteiger partial charge in [-0.25, -0.2) is 17.6 Å². The molecule has 0 radical (unpaired) electrons. The van der Waals surface area contributed by atoms with Crippen molar-refractivity contribution < 1.29 is 27.0 Å². The maximum absolute atomic E-state index is 17.0. The highest BCUT2D eigenvalue weighted by Gasteiger charge is 2.47. The van der Waals surface area contributed by atoms with Crippen LogP contribution >= 0.6 is 22.9 Å². The van der Waals surface area contributed by atoms with Gasteiger partial charge in [-0.05, 0) is 37.4 Å². The number of hydrogen-bond acceptors (Lipinski definition) is 9. The molecule has 0 bridgehead atoms. The Kier molecular flexibility index (Phi) is 7.39. The van der Waals surface area contributed by atoms with Gasteiger partial charge in [0, 0.05) is 17.5 Å². The van der Waals surface area contributed by atoms with E-state index in [0.29, 0.717) is 6.42 Å². The molecule has 3 aliphatic heterocycles. The van der Waals surface area contributed by atoms with E-state index in [0.717, 1.165) is 53.8 Å². The number of anilines is 2. The van der Waals surface area contributed by atoms with Gasteiger partial charge in [-0.15, -0.1) is 17.8 Å². The van der Waals surface area contributed by atoms with Crippen LogP contribution in [0.15, 0.2) is 24.3 Å². The van der Waals surface area contributed by atoms with Gasteiger partial charge in [-0.2, -0.15) is 15.2 Å². The third-order valence-corrected chi connectivity index (χ3v) is 10.3. The van der Waals surface area contributed by atoms with Crippen LogP contribution in [0.5, 0.6) is 11.8 Å². The van der Waals surface area contributed by atoms with E-state index in [4.69, 9.17) is 33.2 Å². The maximum Gasteiger partial charge on any atom is 0.319 e. The largest absolute Gasteiger partial charge is 0.488 e. The molecular formula is C32H25ClF4N6O2S. The lowest BCUT2D eigenvalue weighted by atomic mass is 9.94. The molecule has 236 valence electrons. The van der Waals surface area contributed by atoms with Crippen molar-refractivity contribution in [1.82, 2.24) is 14.9 Å². The van der Waals surface area contributed by atoms with Crippen molar-refractivity contribution in [3.05, 3.63) is 46.5 Å². The summed E-state index contributed by atoms with van der Waals surface area (Å²) in [7, 11) is 0. The Morgan fingerprint density at radius 2 is 2.11 bits per heavy atom. The van der Waals surface area contributed by atoms with Crippen molar-refractivity contribution in [1.29, 1.82) is 5.26 Å². The number of alkyl halides is 2. The predicted octanol–water partition coefficient (Wildman–Crippen LogP) is 6.54. The van der Waals surface area contributed by atoms with Crippen LogP contribution in [0.25, 0.3) is 32.1 Å². The molecule has 3 aliphatic rings. The summed E-state index contributed by atoms with van der Waals surface area (Å²) in [6.45, 7) is 4.79. The van der Waals surface area contributed by atoms with Gasteiger partial charge in [0.05, 0.1) is 32.8 Å². The second kappa shape index (κ2) is 11.2. The predicted molar refractivity (Wildman–Crippen MR) is 169 cm³/mol. The second-order valence-electron chi connectivity index (χ2n) is 11.6. The molecule has 0 unspecified atom stereocenters. The van der Waals surface area contributed by atoms with Gasteiger partial charge in [-0.1, -0.05) is 35.7 Å². The minimum Gasteiger partial charge on any atom is -0.488 e. The Balaban J connectivity index is 1.48. The van der Waals surface area contributed by atoms with E-state index in [1.165, 1.54) is 6.07 Å². The molecule has 8 nitrogen and oxygen atoms in total. The molecule has 0 saturated carbocycles. The highest BCUT2D eigenvalue weighted by atomic mass is 35.5. The number of aromatic nitrogens is 2. The van der Waals surface area contributed by atoms with E-state index in [9.17, 15) is 18.4 Å². The van der Waals surface area contributed by atoms with Gasteiger partial charge in [0.1, 0.15) is 47.5 Å². The van der Waals surface area contributed by atoms with Crippen LogP contribution in [-0.2, 0) is 0 Å². The molecule has 5 heterocycles. The second-order valence-corrected chi connectivity index (χ2v) is 13.1. The number of nitrogen functional groups attached to an aromatic ring is 1. The number of hydrogen-bond donors (Lipinski definition) is 1. The van der Waals surface area contributed by atoms with E-state index in [-0.39, 0.29) is 84.0 Å². The molecule has 0 spiro atoms. The molecule has 2 aromatic carbocycles. The standard InChI is InChI=1S/C32H25ClF4N6O2S/c1-3-16-13-44-27-23-26(25(37)22(24(27)33)17-5-6-19(34)28-21(17)18(10-38)29(39)46-28)40-31(41-30(23)43(16)12-20(35)36)45-14-32-7-4-8-42(32)11-15(2)9-32/h1,5-6,16,20H,2,4,7-9,11-14,39H2/t16-,32-/m0/s1. The summed E-state index contributed by atoms with van der Waals surface area (Å²) >= 11 is 7.71. The van der Waals surface area contributed by atoms with Crippen molar-refractivity contribution in [2.45, 2.75) is 37.3 Å². The molecule has 2 fully saturated rings. The first-order valence-electron chi connectivity index (χ1n) is 14.4. The first-order valence-corrected chi connectivity index (χ1v) is 15.6. The average Bonchev–Trinajstić information content (AvgIpc) is 3.63. The first kappa shape index (κ1) is 30.4. The number of ether oxygens (including phenoxy) is 2. The van der Waals surface area contributed by atoms with Crippen LogP contribution in [-0.4, -0.2) is 65.7 Å². The number of benzene rings is 2. The molecule has 2 aromatic heterocycles. The van der Waals surface area contributed by atoms with Crippen LogP contribution in [0.1, 0.15) is 24.8 Å². The third-order valence-electron chi connectivity index (χ3n) is 8.91. The van der Waals surface area contributed by atoms with Crippen molar-refractivity contribution >= 4 is 54.7 Å². The van der Waals surface area contributed by atoms with Gasteiger partial charge in [0.15, 0.2) is 11.6 Å². The van der Waals surface area contributed by atoms with Crippen molar-refractivity contribution in [3.63, 3.8) is 0 Å². The van der Waals surface area contributed by atoms with E-state index < -0.39 is 30.6 Å². The molecule has 4 aromatic rings. The topological polar surface area (TPSA) is 101 Å². The summed E-state index contributed by atoms with van der Waals surface area (Å²) in [5, 5.41) is 9.64. The van der Waals surface area contributed by atoms with Crippen LogP contribution in [0.3, 0.4) is 0 Å². The highest BCUT2D eigenvalue weighted by molar-refractivity contribution is 7.23. The number of terminal acetylenes is 1. The minimum atomic E-state index is -2.83. The number of rotatable bonds is 6. The van der Waals surface area contributed by atoms with Crippen molar-refractivity contribution in [2.24, 2.45) is 0 Å². The summed E-state index contributed by atoms with van der Waals surface area (Å²) in [5.74, 6) is 0.604. The Morgan fingerprint density at radius 1 is 1.30 bits per heavy atom. The molecule has 0 aliphatic carbocycles. The van der Waals surface area contributed by atoms with Crippen molar-refractivity contribution in [3.8, 4) is 41.3 Å². The Morgan fingerprint density at radius 3 is 2.85 bits per heavy atom. The fourth-order valence-corrected chi connectivity index (χ4v) is 8.22. The molecule has 14 heteroatoms. The Labute approximate surface area is 270 Å². The van der Waals surface area contributed by atoms with E-state index >= 15 is 4.39 Å². The van der Waals surface area contributed by atoms with E-state index in [2.05, 4.69) is 27.4 Å². The number of nitrogens with zero attached hydrogens (tertiary/aromatic N) is 5. The number of nitrogens with two attached hydrogens (primary N) is 1. The lowest BCUT2D eigenvalue weighted by Gasteiger charge is -2.31. The van der Waals surface area contributed by atoms with E-state index in [1.54, 1.807) is 0 Å². The van der Waals surface area contributed by atoms with Gasteiger partial charge < -0.3 is 20.1 Å². The van der Waals surface area contributed by atoms with Gasteiger partial charge >= 0.3 is 6.01 Å². The lowest BCUT2D eigenvalue weighted by Crippen LogP contribution is -2.43. The third kappa shape index (κ3) is 4.60. The zero-order valence-electron chi connectivity index (χ0n) is 24.2. The molecular weight excluding hydrogens is 644 g/mol. The zero-order valence-corrected chi connectivity index (χ0v) is 25.8. The number of halogens is 5. The molecule has 2 atom stereocenters. The molecule has 46 heavy (non-hydrogen) atoms. The zero-order chi connectivity index (χ0) is 32.5. The van der Waals surface area contributed by atoms with Gasteiger partial charge in [-0.3, -0.25) is 4.90 Å². The van der Waals surface area contributed by atoms with Crippen LogP contribution < -0.4 is 20.1 Å². The highest BCUT2D eigenvalue weighted by Crippen LogP contribution is 2.51. The van der Waals surface area contributed by atoms with E-state index in [1.807, 2.05) is 6.07 Å². The van der Waals surface area contributed by atoms with Crippen LogP contribution in [0.2, 0.25) is 5.02 Å². The van der Waals surface area contributed by atoms with Crippen LogP contribution in [0.4, 0.5) is 28.4 Å². The number of nitriles is 1. The fraction of sp³-hybridized carbons (Fsp3) is 0.344. The summed E-state index contributed by atoms with van der Waals surface area (Å²) in [4.78, 5) is 12.4. The normalized spacial score (nSPS) is 21.0. The maximum atomic E-state index is 17.0. The fourth-order valence-electron chi connectivity index (χ4n) is 6.93. The smallest absolute Gasteiger partial charge is 0.319 e. The average molecular weight is 669 g/mol. The molecule has 7 rings (SSSR count). The van der Waals surface area contributed by atoms with Crippen molar-refractivity contribution in [2.75, 3.05) is 43.5 Å². The first-order chi connectivity index (χ1) is 22.1. The Hall–Kier alpha value is -4.30. The summed E-state index contributed by atoms with van der Waals surface area (Å²) < 4.78 is 72.0. The summed E-state index contributed by atoms with van der Waals surface area (Å²) in [6.07, 6.45) is 5.46. The quantitative estimate of drug-likeness (QED) is 0.141. The lowest BCUT2D eigenvalue weighted by molar-refractivity contribution is 0.108. The van der Waals surface area contributed by atoms with Gasteiger partial charge in [0.2, 0.25) is 0 Å².